The number of carbonyl (C=O) groups excluding carboxylic acids is 1. The number of aromatic nitrogens is 5. The predicted octanol–water partition coefficient (Wildman–Crippen LogP) is 4.12. The third-order valence-electron chi connectivity index (χ3n) is 7.34. The molecule has 2 aliphatic rings. The molecule has 0 N–H and O–H groups in total. The van der Waals surface area contributed by atoms with Crippen LogP contribution >= 0.6 is 0 Å². The van der Waals surface area contributed by atoms with Crippen LogP contribution in [-0.4, -0.2) is 61.0 Å². The minimum Gasteiger partial charge on any atom is -0.337 e. The molecule has 4 aromatic rings. The Morgan fingerprint density at radius 3 is 2.69 bits per heavy atom. The van der Waals surface area contributed by atoms with Gasteiger partial charge in [-0.1, -0.05) is 30.9 Å². The molecule has 0 saturated carbocycles. The number of pyridine rings is 1. The first-order valence-corrected chi connectivity index (χ1v) is 12.5. The molecule has 0 aliphatic carbocycles. The maximum absolute atomic E-state index is 11.8. The van der Waals surface area contributed by atoms with Crippen molar-refractivity contribution in [3.63, 3.8) is 0 Å². The van der Waals surface area contributed by atoms with Crippen LogP contribution in [0.5, 0.6) is 0 Å². The second-order valence-corrected chi connectivity index (χ2v) is 9.65. The maximum atomic E-state index is 11.8. The number of nitrogens with zero attached hydrogens (tertiary/aromatic N) is 7. The van der Waals surface area contributed by atoms with E-state index in [4.69, 9.17) is 9.97 Å². The van der Waals surface area contributed by atoms with Crippen LogP contribution in [0.3, 0.4) is 0 Å². The topological polar surface area (TPSA) is 80.0 Å². The molecule has 8 nitrogen and oxygen atoms in total. The molecule has 0 spiro atoms. The van der Waals surface area contributed by atoms with E-state index >= 15 is 0 Å². The van der Waals surface area contributed by atoms with Crippen LogP contribution in [0.4, 0.5) is 5.95 Å². The molecule has 1 saturated heterocycles. The summed E-state index contributed by atoms with van der Waals surface area (Å²) in [6, 6.07) is 12.9. The van der Waals surface area contributed by atoms with Crippen LogP contribution in [0.2, 0.25) is 0 Å². The molecule has 1 amide bonds. The molecule has 5 heterocycles. The van der Waals surface area contributed by atoms with E-state index in [1.165, 1.54) is 5.56 Å². The standard InChI is InChI=1S/C28H29N7O/c1-4-20-6-5-7-21(14-20)25-10-11-26-31-24-9-8-23(32-27(24)35(25)26)22-15-29-28(30-16-22)33-12-13-34(19(3)36)18(2)17-33/h4-9,14-16,18,25H,1,10-13,17H2,2-3H3/t18-,25-/m1/s1. The summed E-state index contributed by atoms with van der Waals surface area (Å²) in [4.78, 5) is 35.0. The number of hydrogen-bond donors (Lipinski definition) is 0. The molecular weight excluding hydrogens is 450 g/mol. The average Bonchev–Trinajstić information content (AvgIpc) is 3.48. The van der Waals surface area contributed by atoms with Gasteiger partial charge in [-0.25, -0.2) is 19.9 Å². The van der Waals surface area contributed by atoms with E-state index in [2.05, 4.69) is 57.2 Å². The SMILES string of the molecule is C=Cc1cccc([C@H]2CCc3nc4ccc(-c5cnc(N6CCN(C(C)=O)[C@H](C)C6)nc5)nc4n32)c1. The van der Waals surface area contributed by atoms with E-state index in [9.17, 15) is 4.79 Å². The minimum absolute atomic E-state index is 0.113. The lowest BCUT2D eigenvalue weighted by molar-refractivity contribution is -0.131. The van der Waals surface area contributed by atoms with Gasteiger partial charge in [0.05, 0.1) is 11.7 Å². The van der Waals surface area contributed by atoms with Crippen molar-refractivity contribution in [1.29, 1.82) is 0 Å². The Kier molecular flexibility index (Phi) is 5.51. The summed E-state index contributed by atoms with van der Waals surface area (Å²) in [5.41, 5.74) is 5.88. The largest absolute Gasteiger partial charge is 0.337 e. The van der Waals surface area contributed by atoms with Crippen LogP contribution in [0, 0.1) is 0 Å². The van der Waals surface area contributed by atoms with E-state index in [-0.39, 0.29) is 18.0 Å². The molecular formula is C28H29N7O. The highest BCUT2D eigenvalue weighted by Gasteiger charge is 2.29. The highest BCUT2D eigenvalue weighted by atomic mass is 16.2. The van der Waals surface area contributed by atoms with Crippen molar-refractivity contribution in [3.05, 3.63) is 72.3 Å². The number of carbonyl (C=O) groups is 1. The number of aryl methyl sites for hydroxylation is 1. The summed E-state index contributed by atoms with van der Waals surface area (Å²) >= 11 is 0. The molecule has 1 aromatic carbocycles. The van der Waals surface area contributed by atoms with E-state index in [1.54, 1.807) is 6.92 Å². The van der Waals surface area contributed by atoms with E-state index in [0.29, 0.717) is 12.5 Å². The molecule has 2 atom stereocenters. The second-order valence-electron chi connectivity index (χ2n) is 9.65. The quantitative estimate of drug-likeness (QED) is 0.438. The third-order valence-corrected chi connectivity index (χ3v) is 7.34. The zero-order valence-corrected chi connectivity index (χ0v) is 20.6. The Bertz CT molecular complexity index is 1460. The van der Waals surface area contributed by atoms with Gasteiger partial charge < -0.3 is 14.4 Å². The Hall–Kier alpha value is -4.07. The fourth-order valence-electron chi connectivity index (χ4n) is 5.51. The van der Waals surface area contributed by atoms with Crippen LogP contribution in [0.15, 0.2) is 55.4 Å². The van der Waals surface area contributed by atoms with Crippen molar-refractivity contribution in [2.24, 2.45) is 0 Å². The maximum Gasteiger partial charge on any atom is 0.225 e. The zero-order chi connectivity index (χ0) is 24.8. The first-order chi connectivity index (χ1) is 17.5. The first-order valence-electron chi connectivity index (χ1n) is 12.5. The van der Waals surface area contributed by atoms with Crippen LogP contribution in [0.1, 0.15) is 43.3 Å². The van der Waals surface area contributed by atoms with Crippen LogP contribution in [0.25, 0.3) is 28.5 Å². The number of amides is 1. The summed E-state index contributed by atoms with van der Waals surface area (Å²) in [5.74, 6) is 1.87. The van der Waals surface area contributed by atoms with E-state index in [0.717, 1.165) is 59.7 Å². The van der Waals surface area contributed by atoms with Gasteiger partial charge in [0.2, 0.25) is 11.9 Å². The van der Waals surface area contributed by atoms with Gasteiger partial charge in [-0.15, -0.1) is 0 Å². The lowest BCUT2D eigenvalue weighted by Gasteiger charge is -2.39. The van der Waals surface area contributed by atoms with Crippen LogP contribution < -0.4 is 4.90 Å². The Morgan fingerprint density at radius 2 is 1.94 bits per heavy atom. The van der Waals surface area contributed by atoms with Crippen molar-refractivity contribution < 1.29 is 4.79 Å². The van der Waals surface area contributed by atoms with Gasteiger partial charge >= 0.3 is 0 Å². The predicted molar refractivity (Wildman–Crippen MR) is 141 cm³/mol. The Labute approximate surface area is 210 Å². The first kappa shape index (κ1) is 22.4. The fraction of sp³-hybridized carbons (Fsp3) is 0.321. The highest BCUT2D eigenvalue weighted by Crippen LogP contribution is 2.36. The third kappa shape index (κ3) is 3.82. The van der Waals surface area contributed by atoms with Gasteiger partial charge in [0.1, 0.15) is 11.3 Å². The molecule has 0 radical (unpaired) electrons. The molecule has 1 fully saturated rings. The Morgan fingerprint density at radius 1 is 1.11 bits per heavy atom. The molecule has 8 heteroatoms. The van der Waals surface area contributed by atoms with Crippen molar-refractivity contribution in [1.82, 2.24) is 29.4 Å². The van der Waals surface area contributed by atoms with Gasteiger partial charge in [-0.05, 0) is 42.7 Å². The molecule has 36 heavy (non-hydrogen) atoms. The summed E-state index contributed by atoms with van der Waals surface area (Å²) < 4.78 is 2.28. The van der Waals surface area contributed by atoms with Crippen molar-refractivity contribution >= 4 is 29.1 Å². The molecule has 0 unspecified atom stereocenters. The van der Waals surface area contributed by atoms with E-state index in [1.807, 2.05) is 35.5 Å². The summed E-state index contributed by atoms with van der Waals surface area (Å²) in [7, 11) is 0. The number of imidazole rings is 1. The summed E-state index contributed by atoms with van der Waals surface area (Å²) in [6.45, 7) is 9.73. The van der Waals surface area contributed by atoms with Gasteiger partial charge in [-0.3, -0.25) is 4.79 Å². The average molecular weight is 480 g/mol. The van der Waals surface area contributed by atoms with Crippen molar-refractivity contribution in [3.8, 4) is 11.3 Å². The minimum atomic E-state index is 0.113. The number of anilines is 1. The van der Waals surface area contributed by atoms with Gasteiger partial charge in [-0.2, -0.15) is 0 Å². The highest BCUT2D eigenvalue weighted by molar-refractivity contribution is 5.77. The number of piperazine rings is 1. The number of benzene rings is 1. The lowest BCUT2D eigenvalue weighted by Crippen LogP contribution is -2.53. The molecule has 3 aromatic heterocycles. The van der Waals surface area contributed by atoms with Crippen molar-refractivity contribution in [2.45, 2.75) is 38.8 Å². The number of hydrogen-bond acceptors (Lipinski definition) is 6. The molecule has 6 rings (SSSR count). The molecule has 0 bridgehead atoms. The van der Waals surface area contributed by atoms with Gasteiger partial charge in [0.25, 0.3) is 0 Å². The second kappa shape index (κ2) is 8.86. The van der Waals surface area contributed by atoms with E-state index < -0.39 is 0 Å². The van der Waals surface area contributed by atoms with Gasteiger partial charge in [0.15, 0.2) is 5.65 Å². The Balaban J connectivity index is 1.29. The van der Waals surface area contributed by atoms with Crippen LogP contribution in [-0.2, 0) is 11.2 Å². The zero-order valence-electron chi connectivity index (χ0n) is 20.6. The fourth-order valence-corrected chi connectivity index (χ4v) is 5.51. The summed E-state index contributed by atoms with van der Waals surface area (Å²) in [5, 5.41) is 0. The number of rotatable bonds is 4. The van der Waals surface area contributed by atoms with Gasteiger partial charge in [0, 0.05) is 57.0 Å². The smallest absolute Gasteiger partial charge is 0.225 e. The normalized spacial score (nSPS) is 19.5. The van der Waals surface area contributed by atoms with Crippen molar-refractivity contribution in [2.75, 3.05) is 24.5 Å². The monoisotopic (exact) mass is 479 g/mol. The molecule has 2 aliphatic heterocycles. The lowest BCUT2D eigenvalue weighted by atomic mass is 10.0. The molecule has 182 valence electrons. The summed E-state index contributed by atoms with van der Waals surface area (Å²) in [6.07, 6.45) is 7.50. The number of fused-ring (bicyclic) bond motifs is 3.